The van der Waals surface area contributed by atoms with Crippen molar-refractivity contribution in [3.8, 4) is 0 Å². The van der Waals surface area contributed by atoms with Gasteiger partial charge >= 0.3 is 0 Å². The fourth-order valence-corrected chi connectivity index (χ4v) is 2.38. The van der Waals surface area contributed by atoms with Crippen molar-refractivity contribution in [1.29, 1.82) is 0 Å². The summed E-state index contributed by atoms with van der Waals surface area (Å²) in [6, 6.07) is 10.4. The molecule has 0 spiro atoms. The number of fused-ring (bicyclic) bond motifs is 1. The van der Waals surface area contributed by atoms with Gasteiger partial charge in [0, 0.05) is 18.5 Å². The topological polar surface area (TPSA) is 36.4 Å². The number of para-hydroxylation sites is 1. The number of nitrogens with zero attached hydrogens (tertiary/aromatic N) is 2. The number of pyridine rings is 1. The van der Waals surface area contributed by atoms with Crippen LogP contribution in [-0.4, -0.2) is 23.2 Å². The van der Waals surface area contributed by atoms with Gasteiger partial charge in [-0.1, -0.05) is 31.5 Å². The summed E-state index contributed by atoms with van der Waals surface area (Å²) in [4.78, 5) is 6.89. The average Bonchev–Trinajstić information content (AvgIpc) is 2.45. The summed E-state index contributed by atoms with van der Waals surface area (Å²) in [6.45, 7) is 4.45. The highest BCUT2D eigenvalue weighted by Crippen LogP contribution is 2.24. The lowest BCUT2D eigenvalue weighted by Gasteiger charge is -2.26. The minimum Gasteiger partial charge on any atom is -0.392 e. The molecule has 1 unspecified atom stereocenters. The van der Waals surface area contributed by atoms with Gasteiger partial charge in [-0.15, -0.1) is 0 Å². The van der Waals surface area contributed by atoms with Gasteiger partial charge in [0.2, 0.25) is 0 Å². The van der Waals surface area contributed by atoms with Crippen molar-refractivity contribution in [2.75, 3.05) is 11.9 Å². The van der Waals surface area contributed by atoms with Gasteiger partial charge in [0.25, 0.3) is 0 Å². The summed E-state index contributed by atoms with van der Waals surface area (Å²) in [5, 5.41) is 10.6. The molecule has 0 saturated carbocycles. The Balaban J connectivity index is 2.44. The monoisotopic (exact) mass is 258 g/mol. The standard InChI is InChI=1S/C16H22N2O/c1-4-7-12(2)18(3)16-10-13(11-19)14-8-5-6-9-15(14)17-16/h5-6,8-10,12,19H,4,7,11H2,1-3H3. The quantitative estimate of drug-likeness (QED) is 0.893. The molecule has 3 nitrogen and oxygen atoms in total. The van der Waals surface area contributed by atoms with E-state index in [0.29, 0.717) is 6.04 Å². The molecule has 2 aromatic rings. The number of aromatic nitrogens is 1. The van der Waals surface area contributed by atoms with E-state index in [9.17, 15) is 5.11 Å². The SMILES string of the molecule is CCCC(C)N(C)c1cc(CO)c2ccccc2n1. The first-order valence-electron chi connectivity index (χ1n) is 6.89. The van der Waals surface area contributed by atoms with Crippen LogP contribution in [-0.2, 0) is 6.61 Å². The molecule has 0 aliphatic rings. The van der Waals surface area contributed by atoms with Gasteiger partial charge in [0.15, 0.2) is 0 Å². The fourth-order valence-electron chi connectivity index (χ4n) is 2.38. The second-order valence-corrected chi connectivity index (χ2v) is 5.06. The highest BCUT2D eigenvalue weighted by molar-refractivity contribution is 5.84. The second-order valence-electron chi connectivity index (χ2n) is 5.06. The van der Waals surface area contributed by atoms with E-state index >= 15 is 0 Å². The molecule has 1 aromatic heterocycles. The molecule has 3 heteroatoms. The molecule has 2 rings (SSSR count). The van der Waals surface area contributed by atoms with E-state index in [-0.39, 0.29) is 6.61 Å². The Hall–Kier alpha value is -1.61. The third-order valence-corrected chi connectivity index (χ3v) is 3.69. The summed E-state index contributed by atoms with van der Waals surface area (Å²) < 4.78 is 0. The van der Waals surface area contributed by atoms with Crippen LogP contribution in [0.1, 0.15) is 32.3 Å². The van der Waals surface area contributed by atoms with Crippen molar-refractivity contribution in [2.45, 2.75) is 39.3 Å². The number of benzene rings is 1. The molecule has 0 aliphatic heterocycles. The molecule has 0 bridgehead atoms. The molecule has 1 atom stereocenters. The van der Waals surface area contributed by atoms with Gasteiger partial charge in [-0.2, -0.15) is 0 Å². The average molecular weight is 258 g/mol. The van der Waals surface area contributed by atoms with Crippen molar-refractivity contribution in [3.63, 3.8) is 0 Å². The summed E-state index contributed by atoms with van der Waals surface area (Å²) >= 11 is 0. The zero-order valence-corrected chi connectivity index (χ0v) is 11.9. The molecule has 0 amide bonds. The molecular formula is C16H22N2O. The Morgan fingerprint density at radius 2 is 2.05 bits per heavy atom. The van der Waals surface area contributed by atoms with Crippen molar-refractivity contribution < 1.29 is 5.11 Å². The smallest absolute Gasteiger partial charge is 0.129 e. The van der Waals surface area contributed by atoms with Crippen LogP contribution in [0.5, 0.6) is 0 Å². The van der Waals surface area contributed by atoms with Crippen LogP contribution in [0, 0.1) is 0 Å². The maximum Gasteiger partial charge on any atom is 0.129 e. The lowest BCUT2D eigenvalue weighted by molar-refractivity contribution is 0.283. The van der Waals surface area contributed by atoms with Gasteiger partial charge in [-0.3, -0.25) is 0 Å². The highest BCUT2D eigenvalue weighted by Gasteiger charge is 2.13. The molecule has 0 fully saturated rings. The number of rotatable bonds is 5. The van der Waals surface area contributed by atoms with Crippen molar-refractivity contribution in [2.24, 2.45) is 0 Å². The predicted octanol–water partition coefficient (Wildman–Crippen LogP) is 3.35. The molecule has 1 aromatic carbocycles. The first-order valence-corrected chi connectivity index (χ1v) is 6.89. The van der Waals surface area contributed by atoms with Crippen LogP contribution >= 0.6 is 0 Å². The van der Waals surface area contributed by atoms with Gasteiger partial charge in [0.05, 0.1) is 12.1 Å². The third-order valence-electron chi connectivity index (χ3n) is 3.69. The number of aliphatic hydroxyl groups is 1. The number of aliphatic hydroxyl groups excluding tert-OH is 1. The number of hydrogen-bond acceptors (Lipinski definition) is 3. The first-order chi connectivity index (χ1) is 9.17. The van der Waals surface area contributed by atoms with Crippen LogP contribution in [0.25, 0.3) is 10.9 Å². The minimum absolute atomic E-state index is 0.0477. The Kier molecular flexibility index (Phi) is 4.38. The van der Waals surface area contributed by atoms with Crippen LogP contribution in [0.2, 0.25) is 0 Å². The van der Waals surface area contributed by atoms with Gasteiger partial charge in [0.1, 0.15) is 5.82 Å². The highest BCUT2D eigenvalue weighted by atomic mass is 16.3. The van der Waals surface area contributed by atoms with Gasteiger partial charge in [-0.25, -0.2) is 4.98 Å². The maximum absolute atomic E-state index is 9.54. The van der Waals surface area contributed by atoms with Crippen LogP contribution in [0.3, 0.4) is 0 Å². The van der Waals surface area contributed by atoms with Crippen molar-refractivity contribution in [3.05, 3.63) is 35.9 Å². The lowest BCUT2D eigenvalue weighted by atomic mass is 10.1. The Morgan fingerprint density at radius 3 is 2.74 bits per heavy atom. The zero-order valence-electron chi connectivity index (χ0n) is 11.9. The first kappa shape index (κ1) is 13.8. The molecule has 19 heavy (non-hydrogen) atoms. The maximum atomic E-state index is 9.54. The van der Waals surface area contributed by atoms with E-state index in [2.05, 4.69) is 25.8 Å². The molecule has 1 N–H and O–H groups in total. The number of anilines is 1. The summed E-state index contributed by atoms with van der Waals surface area (Å²) in [5.41, 5.74) is 1.88. The zero-order chi connectivity index (χ0) is 13.8. The Bertz CT molecular complexity index is 553. The summed E-state index contributed by atoms with van der Waals surface area (Å²) in [7, 11) is 2.07. The van der Waals surface area contributed by atoms with Gasteiger partial charge in [-0.05, 0) is 31.0 Å². The molecule has 0 saturated heterocycles. The Morgan fingerprint density at radius 1 is 1.32 bits per heavy atom. The van der Waals surface area contributed by atoms with E-state index < -0.39 is 0 Å². The molecule has 102 valence electrons. The van der Waals surface area contributed by atoms with E-state index in [1.807, 2.05) is 30.3 Å². The molecule has 1 heterocycles. The summed E-state index contributed by atoms with van der Waals surface area (Å²) in [5.74, 6) is 0.934. The molecule has 0 aliphatic carbocycles. The van der Waals surface area contributed by atoms with E-state index in [1.54, 1.807) is 0 Å². The predicted molar refractivity (Wildman–Crippen MR) is 80.4 cm³/mol. The third kappa shape index (κ3) is 2.87. The molecular weight excluding hydrogens is 236 g/mol. The van der Waals surface area contributed by atoms with Crippen LogP contribution in [0.4, 0.5) is 5.82 Å². The van der Waals surface area contributed by atoms with Gasteiger partial charge < -0.3 is 10.0 Å². The van der Waals surface area contributed by atoms with Crippen molar-refractivity contribution in [1.82, 2.24) is 4.98 Å². The van der Waals surface area contributed by atoms with Crippen molar-refractivity contribution >= 4 is 16.7 Å². The largest absolute Gasteiger partial charge is 0.392 e. The number of hydrogen-bond donors (Lipinski definition) is 1. The van der Waals surface area contributed by atoms with Crippen LogP contribution in [0.15, 0.2) is 30.3 Å². The second kappa shape index (κ2) is 6.02. The van der Waals surface area contributed by atoms with E-state index in [1.165, 1.54) is 0 Å². The lowest BCUT2D eigenvalue weighted by Crippen LogP contribution is -2.29. The van der Waals surface area contributed by atoms with Crippen LogP contribution < -0.4 is 4.90 Å². The van der Waals surface area contributed by atoms with E-state index in [4.69, 9.17) is 4.98 Å². The normalized spacial score (nSPS) is 12.6. The molecule has 0 radical (unpaired) electrons. The van der Waals surface area contributed by atoms with E-state index in [0.717, 1.165) is 35.1 Å². The fraction of sp³-hybridized carbons (Fsp3) is 0.438. The Labute approximate surface area is 114 Å². The minimum atomic E-state index is 0.0477. The summed E-state index contributed by atoms with van der Waals surface area (Å²) in [6.07, 6.45) is 2.30.